The zero-order valence-corrected chi connectivity index (χ0v) is 10.1. The Balaban J connectivity index is 2.44. The van der Waals surface area contributed by atoms with Crippen LogP contribution in [0.5, 0.6) is 0 Å². The molecule has 0 saturated carbocycles. The molecule has 1 N–H and O–H groups in total. The Hall–Kier alpha value is 0.140. The van der Waals surface area contributed by atoms with E-state index in [1.54, 1.807) is 11.3 Å². The van der Waals surface area contributed by atoms with Gasteiger partial charge >= 0.3 is 0 Å². The molecule has 0 atom stereocenters. The Morgan fingerprint density at radius 1 is 1.50 bits per heavy atom. The Bertz CT molecular complexity index is 249. The van der Waals surface area contributed by atoms with Crippen molar-refractivity contribution in [2.45, 2.75) is 32.9 Å². The van der Waals surface area contributed by atoms with Gasteiger partial charge in [0.05, 0.1) is 3.79 Å². The van der Waals surface area contributed by atoms with E-state index in [1.807, 2.05) is 0 Å². The van der Waals surface area contributed by atoms with Crippen LogP contribution in [-0.4, -0.2) is 5.54 Å². The predicted octanol–water partition coefficient (Wildman–Crippen LogP) is 3.40. The van der Waals surface area contributed by atoms with Gasteiger partial charge in [-0.05, 0) is 53.7 Å². The first-order chi connectivity index (χ1) is 5.47. The quantitative estimate of drug-likeness (QED) is 0.845. The molecule has 0 aliphatic rings. The molecule has 0 amide bonds. The van der Waals surface area contributed by atoms with Crippen LogP contribution in [0.25, 0.3) is 0 Å². The van der Waals surface area contributed by atoms with E-state index in [9.17, 15) is 0 Å². The lowest BCUT2D eigenvalue weighted by Gasteiger charge is -2.19. The number of hydrogen-bond donors (Lipinski definition) is 1. The lowest BCUT2D eigenvalue weighted by atomic mass is 10.1. The fourth-order valence-corrected chi connectivity index (χ4v) is 2.01. The van der Waals surface area contributed by atoms with Gasteiger partial charge in [0.25, 0.3) is 0 Å². The molecule has 0 saturated heterocycles. The Labute approximate surface area is 86.3 Å². The molecule has 1 aromatic rings. The molecule has 68 valence electrons. The normalized spacial score (nSPS) is 12.0. The van der Waals surface area contributed by atoms with Crippen molar-refractivity contribution in [1.82, 2.24) is 5.32 Å². The minimum absolute atomic E-state index is 0.203. The first-order valence-corrected chi connectivity index (χ1v) is 5.62. The second-order valence-electron chi connectivity index (χ2n) is 3.86. The summed E-state index contributed by atoms with van der Waals surface area (Å²) in [5.74, 6) is 0. The zero-order chi connectivity index (χ0) is 9.19. The molecule has 1 rings (SSSR count). The molecule has 0 aliphatic carbocycles. The molecular formula is C9H14BrNS. The van der Waals surface area contributed by atoms with Gasteiger partial charge in [0.1, 0.15) is 0 Å². The first kappa shape index (κ1) is 10.2. The smallest absolute Gasteiger partial charge is 0.0701 e. The number of halogens is 1. The average molecular weight is 248 g/mol. The highest BCUT2D eigenvalue weighted by molar-refractivity contribution is 9.11. The molecule has 0 aromatic carbocycles. The van der Waals surface area contributed by atoms with Crippen LogP contribution in [0.1, 0.15) is 26.3 Å². The van der Waals surface area contributed by atoms with Crippen molar-refractivity contribution >= 4 is 27.3 Å². The zero-order valence-electron chi connectivity index (χ0n) is 7.65. The molecule has 1 aromatic heterocycles. The summed E-state index contributed by atoms with van der Waals surface area (Å²) in [5.41, 5.74) is 1.55. The molecule has 12 heavy (non-hydrogen) atoms. The highest BCUT2D eigenvalue weighted by Crippen LogP contribution is 2.20. The maximum absolute atomic E-state index is 3.44. The van der Waals surface area contributed by atoms with Gasteiger partial charge in [0.15, 0.2) is 0 Å². The van der Waals surface area contributed by atoms with E-state index in [0.29, 0.717) is 0 Å². The van der Waals surface area contributed by atoms with E-state index >= 15 is 0 Å². The number of thiophene rings is 1. The number of hydrogen-bond acceptors (Lipinski definition) is 2. The maximum atomic E-state index is 3.44. The van der Waals surface area contributed by atoms with Gasteiger partial charge in [-0.25, -0.2) is 0 Å². The summed E-state index contributed by atoms with van der Waals surface area (Å²) in [6.07, 6.45) is 0. The van der Waals surface area contributed by atoms with E-state index in [-0.39, 0.29) is 5.54 Å². The summed E-state index contributed by atoms with van der Waals surface area (Å²) in [5, 5.41) is 5.61. The summed E-state index contributed by atoms with van der Waals surface area (Å²) < 4.78 is 1.20. The molecule has 1 nitrogen and oxygen atoms in total. The number of nitrogens with one attached hydrogen (secondary N) is 1. The third-order valence-electron chi connectivity index (χ3n) is 1.44. The summed E-state index contributed by atoms with van der Waals surface area (Å²) in [4.78, 5) is 0. The van der Waals surface area contributed by atoms with Crippen molar-refractivity contribution < 1.29 is 0 Å². The second-order valence-corrected chi connectivity index (χ2v) is 6.15. The fourth-order valence-electron chi connectivity index (χ4n) is 0.806. The Kier molecular flexibility index (Phi) is 3.32. The molecule has 0 spiro atoms. The lowest BCUT2D eigenvalue weighted by molar-refractivity contribution is 0.424. The van der Waals surface area contributed by atoms with E-state index in [1.165, 1.54) is 9.35 Å². The van der Waals surface area contributed by atoms with Gasteiger partial charge in [0, 0.05) is 12.1 Å². The highest BCUT2D eigenvalue weighted by atomic mass is 79.9. The standard InChI is InChI=1S/C9H14BrNS/c1-9(2,3)11-5-7-4-8(10)12-6-7/h4,6,11H,5H2,1-3H3. The van der Waals surface area contributed by atoms with E-state index in [4.69, 9.17) is 0 Å². The van der Waals surface area contributed by atoms with E-state index in [0.717, 1.165) is 6.54 Å². The summed E-state index contributed by atoms with van der Waals surface area (Å²) in [6.45, 7) is 7.48. The fraction of sp³-hybridized carbons (Fsp3) is 0.556. The molecule has 1 heterocycles. The van der Waals surface area contributed by atoms with E-state index in [2.05, 4.69) is 53.5 Å². The average Bonchev–Trinajstić information content (AvgIpc) is 2.30. The largest absolute Gasteiger partial charge is 0.308 e. The minimum atomic E-state index is 0.203. The van der Waals surface area contributed by atoms with E-state index < -0.39 is 0 Å². The van der Waals surface area contributed by atoms with Crippen LogP contribution in [-0.2, 0) is 6.54 Å². The van der Waals surface area contributed by atoms with Crippen LogP contribution >= 0.6 is 27.3 Å². The van der Waals surface area contributed by atoms with Crippen molar-refractivity contribution in [3.63, 3.8) is 0 Å². The van der Waals surface area contributed by atoms with Crippen LogP contribution in [0.4, 0.5) is 0 Å². The molecule has 0 fully saturated rings. The SMILES string of the molecule is CC(C)(C)NCc1csc(Br)c1. The van der Waals surface area contributed by atoms with Gasteiger partial charge in [-0.1, -0.05) is 0 Å². The van der Waals surface area contributed by atoms with Gasteiger partial charge in [-0.3, -0.25) is 0 Å². The topological polar surface area (TPSA) is 12.0 Å². The van der Waals surface area contributed by atoms with Gasteiger partial charge in [0.2, 0.25) is 0 Å². The molecule has 3 heteroatoms. The molecule has 0 bridgehead atoms. The van der Waals surface area contributed by atoms with Gasteiger partial charge in [-0.15, -0.1) is 11.3 Å². The Morgan fingerprint density at radius 2 is 2.17 bits per heavy atom. The summed E-state index contributed by atoms with van der Waals surface area (Å²) in [7, 11) is 0. The number of rotatable bonds is 2. The monoisotopic (exact) mass is 247 g/mol. The molecular weight excluding hydrogens is 234 g/mol. The van der Waals surface area contributed by atoms with Gasteiger partial charge < -0.3 is 5.32 Å². The van der Waals surface area contributed by atoms with Crippen molar-refractivity contribution in [2.75, 3.05) is 0 Å². The molecule has 0 unspecified atom stereocenters. The van der Waals surface area contributed by atoms with Crippen LogP contribution in [0.15, 0.2) is 15.2 Å². The minimum Gasteiger partial charge on any atom is -0.308 e. The van der Waals surface area contributed by atoms with Crippen LogP contribution < -0.4 is 5.32 Å². The van der Waals surface area contributed by atoms with Crippen molar-refractivity contribution in [1.29, 1.82) is 0 Å². The van der Waals surface area contributed by atoms with Gasteiger partial charge in [-0.2, -0.15) is 0 Å². The third kappa shape index (κ3) is 3.70. The molecule has 0 aliphatic heterocycles. The van der Waals surface area contributed by atoms with Crippen LogP contribution in [0.3, 0.4) is 0 Å². The second kappa shape index (κ2) is 3.90. The summed E-state index contributed by atoms with van der Waals surface area (Å²) in [6, 6.07) is 2.16. The lowest BCUT2D eigenvalue weighted by Crippen LogP contribution is -2.34. The van der Waals surface area contributed by atoms with Crippen molar-refractivity contribution in [3.8, 4) is 0 Å². The third-order valence-corrected chi connectivity index (χ3v) is 3.00. The van der Waals surface area contributed by atoms with Crippen LogP contribution in [0.2, 0.25) is 0 Å². The predicted molar refractivity (Wildman–Crippen MR) is 58.6 cm³/mol. The first-order valence-electron chi connectivity index (χ1n) is 3.95. The summed E-state index contributed by atoms with van der Waals surface area (Å²) >= 11 is 5.17. The van der Waals surface area contributed by atoms with Crippen molar-refractivity contribution in [3.05, 3.63) is 20.8 Å². The maximum Gasteiger partial charge on any atom is 0.0701 e. The van der Waals surface area contributed by atoms with Crippen LogP contribution in [0, 0.1) is 0 Å². The Morgan fingerprint density at radius 3 is 2.58 bits per heavy atom. The molecule has 0 radical (unpaired) electrons. The van der Waals surface area contributed by atoms with Crippen molar-refractivity contribution in [2.24, 2.45) is 0 Å². The highest BCUT2D eigenvalue weighted by Gasteiger charge is 2.08.